The fraction of sp³-hybridized carbons (Fsp3) is 0.0476. The van der Waals surface area contributed by atoms with Crippen LogP contribution in [-0.2, 0) is 0 Å². The Bertz CT molecular complexity index is 887. The predicted octanol–water partition coefficient (Wildman–Crippen LogP) is 6.10. The van der Waals surface area contributed by atoms with Crippen molar-refractivity contribution in [3.8, 4) is 0 Å². The second kappa shape index (κ2) is 6.30. The van der Waals surface area contributed by atoms with Crippen LogP contribution in [0, 0.1) is 0 Å². The van der Waals surface area contributed by atoms with Crippen LogP contribution in [0.3, 0.4) is 0 Å². The number of halogens is 1. The zero-order chi connectivity index (χ0) is 15.6. The largest absolute Gasteiger partial charge is 0.150 e. The molecule has 0 heterocycles. The Labute approximate surface area is 146 Å². The third kappa shape index (κ3) is 2.62. The van der Waals surface area contributed by atoms with E-state index in [1.54, 1.807) is 0 Å². The van der Waals surface area contributed by atoms with Crippen molar-refractivity contribution in [3.63, 3.8) is 0 Å². The first-order valence-electron chi connectivity index (χ1n) is 7.70. The average Bonchev–Trinajstić information content (AvgIpc) is 2.63. The van der Waals surface area contributed by atoms with Gasteiger partial charge in [-0.1, -0.05) is 84.9 Å². The van der Waals surface area contributed by atoms with E-state index in [9.17, 15) is 0 Å². The van der Waals surface area contributed by atoms with E-state index in [0.717, 1.165) is 0 Å². The summed E-state index contributed by atoms with van der Waals surface area (Å²) >= 11 is 3.79. The standard InChI is InChI=1S/C21H15BrSi/c22-23-21(19-13-5-9-15-7-1-3-11-17(15)19)20-14-6-10-16-8-2-4-12-18(16)20/h1-14,21H. The molecule has 0 aromatic heterocycles. The van der Waals surface area contributed by atoms with E-state index in [1.807, 2.05) is 0 Å². The van der Waals surface area contributed by atoms with Crippen molar-refractivity contribution >= 4 is 45.0 Å². The van der Waals surface area contributed by atoms with Crippen LogP contribution in [0.15, 0.2) is 84.9 Å². The fourth-order valence-electron chi connectivity index (χ4n) is 3.29. The molecular weight excluding hydrogens is 360 g/mol. The van der Waals surface area contributed by atoms with E-state index >= 15 is 0 Å². The Morgan fingerprint density at radius 3 is 1.48 bits per heavy atom. The van der Waals surface area contributed by atoms with Crippen LogP contribution in [0.2, 0.25) is 0 Å². The minimum atomic E-state index is 0.368. The molecular formula is C21H15BrSi. The summed E-state index contributed by atoms with van der Waals surface area (Å²) < 4.78 is 0. The number of hydrogen-bond donors (Lipinski definition) is 0. The van der Waals surface area contributed by atoms with Crippen LogP contribution in [0.4, 0.5) is 0 Å². The summed E-state index contributed by atoms with van der Waals surface area (Å²) in [6.45, 7) is 0. The van der Waals surface area contributed by atoms with E-state index in [1.165, 1.54) is 32.7 Å². The van der Waals surface area contributed by atoms with E-state index < -0.39 is 0 Å². The van der Waals surface area contributed by atoms with Crippen molar-refractivity contribution in [1.29, 1.82) is 0 Å². The van der Waals surface area contributed by atoms with Gasteiger partial charge in [0.05, 0.1) is 0 Å². The predicted molar refractivity (Wildman–Crippen MR) is 104 cm³/mol. The molecule has 0 aliphatic rings. The van der Waals surface area contributed by atoms with E-state index in [-0.39, 0.29) is 0 Å². The van der Waals surface area contributed by atoms with Crippen molar-refractivity contribution < 1.29 is 0 Å². The molecule has 2 radical (unpaired) electrons. The molecule has 0 N–H and O–H groups in total. The first kappa shape index (κ1) is 14.7. The van der Waals surface area contributed by atoms with Gasteiger partial charge >= 0.3 is 0 Å². The van der Waals surface area contributed by atoms with Crippen molar-refractivity contribution in [2.24, 2.45) is 0 Å². The van der Waals surface area contributed by atoms with E-state index in [2.05, 4.69) is 100 Å². The number of rotatable bonds is 3. The Balaban J connectivity index is 1.97. The molecule has 0 amide bonds. The molecule has 23 heavy (non-hydrogen) atoms. The zero-order valence-electron chi connectivity index (χ0n) is 12.5. The molecule has 110 valence electrons. The molecule has 0 aliphatic heterocycles. The summed E-state index contributed by atoms with van der Waals surface area (Å²) in [5.41, 5.74) is 3.16. The van der Waals surface area contributed by atoms with Gasteiger partial charge in [0.1, 0.15) is 8.14 Å². The summed E-state index contributed by atoms with van der Waals surface area (Å²) in [7, 11) is 0.643. The number of hydrogen-bond acceptors (Lipinski definition) is 0. The molecule has 0 unspecified atom stereocenters. The lowest BCUT2D eigenvalue weighted by Crippen LogP contribution is -2.06. The van der Waals surface area contributed by atoms with Crippen molar-refractivity contribution in [2.45, 2.75) is 5.54 Å². The molecule has 0 aliphatic carbocycles. The monoisotopic (exact) mass is 374 g/mol. The molecule has 0 nitrogen and oxygen atoms in total. The highest BCUT2D eigenvalue weighted by Crippen LogP contribution is 2.34. The topological polar surface area (TPSA) is 0 Å². The minimum absolute atomic E-state index is 0.368. The average molecular weight is 375 g/mol. The maximum Gasteiger partial charge on any atom is 0.150 e. The van der Waals surface area contributed by atoms with Crippen molar-refractivity contribution in [2.75, 3.05) is 0 Å². The van der Waals surface area contributed by atoms with Gasteiger partial charge in [-0.05, 0) is 32.7 Å². The normalized spacial score (nSPS) is 11.4. The number of benzene rings is 4. The molecule has 2 heteroatoms. The van der Waals surface area contributed by atoms with Crippen LogP contribution in [0.1, 0.15) is 16.7 Å². The summed E-state index contributed by atoms with van der Waals surface area (Å²) in [6.07, 6.45) is 0. The lowest BCUT2D eigenvalue weighted by Gasteiger charge is -2.19. The van der Waals surface area contributed by atoms with Gasteiger partial charge in [0, 0.05) is 5.54 Å². The molecule has 0 spiro atoms. The van der Waals surface area contributed by atoms with Crippen LogP contribution < -0.4 is 0 Å². The molecule has 0 fully saturated rings. The van der Waals surface area contributed by atoms with Gasteiger partial charge in [-0.2, -0.15) is 0 Å². The summed E-state index contributed by atoms with van der Waals surface area (Å²) in [4.78, 5) is 0. The highest BCUT2D eigenvalue weighted by molar-refractivity contribution is 9.23. The zero-order valence-corrected chi connectivity index (χ0v) is 15.1. The van der Waals surface area contributed by atoms with Gasteiger partial charge in [-0.25, -0.2) is 0 Å². The molecule has 4 aromatic rings. The van der Waals surface area contributed by atoms with Gasteiger partial charge in [-0.3, -0.25) is 0 Å². The smallest absolute Gasteiger partial charge is 0.130 e. The SMILES string of the molecule is Br[Si]C(c1cccc2ccccc12)c1cccc2ccccc12. The Hall–Kier alpha value is -1.90. The molecule has 0 saturated heterocycles. The van der Waals surface area contributed by atoms with Crippen LogP contribution in [-0.4, -0.2) is 8.14 Å². The van der Waals surface area contributed by atoms with Crippen molar-refractivity contribution in [3.05, 3.63) is 96.1 Å². The lowest BCUT2D eigenvalue weighted by atomic mass is 9.94. The lowest BCUT2D eigenvalue weighted by molar-refractivity contribution is 1.17. The second-order valence-corrected chi connectivity index (χ2v) is 7.85. The summed E-state index contributed by atoms with van der Waals surface area (Å²) in [5.74, 6) is 0. The maximum absolute atomic E-state index is 3.79. The van der Waals surface area contributed by atoms with Crippen LogP contribution in [0.5, 0.6) is 0 Å². The van der Waals surface area contributed by atoms with Gasteiger partial charge < -0.3 is 0 Å². The first-order valence-corrected chi connectivity index (χ1v) is 11.0. The Morgan fingerprint density at radius 1 is 0.565 bits per heavy atom. The molecule has 4 rings (SSSR count). The van der Waals surface area contributed by atoms with Gasteiger partial charge in [0.2, 0.25) is 0 Å². The quantitative estimate of drug-likeness (QED) is 0.300. The molecule has 4 aromatic carbocycles. The van der Waals surface area contributed by atoms with Gasteiger partial charge in [0.15, 0.2) is 0 Å². The maximum atomic E-state index is 3.79. The van der Waals surface area contributed by atoms with Crippen LogP contribution >= 0.6 is 15.3 Å². The highest BCUT2D eigenvalue weighted by Gasteiger charge is 2.18. The van der Waals surface area contributed by atoms with Crippen molar-refractivity contribution in [1.82, 2.24) is 0 Å². The molecule has 0 saturated carbocycles. The van der Waals surface area contributed by atoms with Gasteiger partial charge in [-0.15, -0.1) is 15.3 Å². The Morgan fingerprint density at radius 2 is 1.00 bits per heavy atom. The third-order valence-electron chi connectivity index (χ3n) is 4.38. The first-order chi connectivity index (χ1) is 11.4. The summed E-state index contributed by atoms with van der Waals surface area (Å²) in [6, 6.07) is 30.6. The fourth-order valence-corrected chi connectivity index (χ4v) is 5.51. The van der Waals surface area contributed by atoms with Crippen LogP contribution in [0.25, 0.3) is 21.5 Å². The minimum Gasteiger partial charge on any atom is -0.130 e. The number of fused-ring (bicyclic) bond motifs is 2. The highest BCUT2D eigenvalue weighted by atomic mass is 79.9. The summed E-state index contributed by atoms with van der Waals surface area (Å²) in [5, 5.41) is 5.31. The van der Waals surface area contributed by atoms with E-state index in [4.69, 9.17) is 0 Å². The Kier molecular flexibility index (Phi) is 4.02. The van der Waals surface area contributed by atoms with Gasteiger partial charge in [0.25, 0.3) is 0 Å². The third-order valence-corrected chi connectivity index (χ3v) is 6.59. The molecule has 0 atom stereocenters. The second-order valence-electron chi connectivity index (χ2n) is 5.68. The molecule has 0 bridgehead atoms. The van der Waals surface area contributed by atoms with E-state index in [0.29, 0.717) is 13.7 Å².